The molecule has 1 aliphatic heterocycles. The molecule has 0 bridgehead atoms. The minimum Gasteiger partial charge on any atom is -0.374 e. The van der Waals surface area contributed by atoms with Crippen LogP contribution in [0, 0.1) is 0 Å². The third-order valence-corrected chi connectivity index (χ3v) is 5.65. The fourth-order valence-corrected chi connectivity index (χ4v) is 3.99. The molecule has 33 heavy (non-hydrogen) atoms. The van der Waals surface area contributed by atoms with Crippen molar-refractivity contribution in [2.24, 2.45) is 5.16 Å². The number of oxime groups is 1. The number of aromatic nitrogens is 2. The molecular weight excluding hydrogens is 480 g/mol. The van der Waals surface area contributed by atoms with Gasteiger partial charge in [0.25, 0.3) is 11.5 Å². The van der Waals surface area contributed by atoms with E-state index in [1.807, 2.05) is 6.92 Å². The molecule has 1 unspecified atom stereocenters. The molecule has 2 aromatic carbocycles. The number of halogens is 5. The topological polar surface area (TPSA) is 68.5 Å². The van der Waals surface area contributed by atoms with Crippen molar-refractivity contribution in [3.8, 4) is 0 Å². The fourth-order valence-electron chi connectivity index (χ4n) is 3.46. The number of aryl methyl sites for hydroxylation is 1. The van der Waals surface area contributed by atoms with E-state index in [0.717, 1.165) is 12.1 Å². The quantitative estimate of drug-likeness (QED) is 0.467. The Hall–Kier alpha value is -3.04. The summed E-state index contributed by atoms with van der Waals surface area (Å²) in [6.45, 7) is 2.58. The third-order valence-electron chi connectivity index (χ3n) is 5.21. The number of anilines is 1. The van der Waals surface area contributed by atoms with Gasteiger partial charge < -0.3 is 10.2 Å². The van der Waals surface area contributed by atoms with Crippen molar-refractivity contribution in [2.45, 2.75) is 31.7 Å². The highest BCUT2D eigenvalue weighted by molar-refractivity contribution is 6.34. The molecule has 0 spiro atoms. The largest absolute Gasteiger partial charge is 0.435 e. The number of nitrogens with one attached hydrogen (secondary N) is 1. The molecule has 2 heterocycles. The van der Waals surface area contributed by atoms with E-state index in [0.29, 0.717) is 23.4 Å². The zero-order chi connectivity index (χ0) is 23.8. The van der Waals surface area contributed by atoms with E-state index in [1.165, 1.54) is 36.5 Å². The summed E-state index contributed by atoms with van der Waals surface area (Å²) in [6.07, 6.45) is -2.14. The molecule has 1 amide bonds. The normalized spacial score (nSPS) is 18.1. The summed E-state index contributed by atoms with van der Waals surface area (Å²) in [4.78, 5) is 17.4. The molecule has 1 aromatic heterocycles. The van der Waals surface area contributed by atoms with Gasteiger partial charge in [-0.15, -0.1) is 0 Å². The summed E-state index contributed by atoms with van der Waals surface area (Å²) in [7, 11) is 0. The van der Waals surface area contributed by atoms with Crippen LogP contribution in [-0.4, -0.2) is 27.6 Å². The van der Waals surface area contributed by atoms with Crippen LogP contribution in [0.4, 0.5) is 18.9 Å². The molecule has 1 atom stereocenters. The van der Waals surface area contributed by atoms with Gasteiger partial charge in [-0.05, 0) is 42.8 Å². The lowest BCUT2D eigenvalue weighted by atomic mass is 9.86. The summed E-state index contributed by atoms with van der Waals surface area (Å²) in [5.74, 6) is -0.375. The highest BCUT2D eigenvalue weighted by atomic mass is 35.5. The second kappa shape index (κ2) is 8.72. The maximum absolute atomic E-state index is 14.1. The molecule has 11 heteroatoms. The summed E-state index contributed by atoms with van der Waals surface area (Å²) in [5.41, 5.74) is -1.62. The second-order valence-corrected chi connectivity index (χ2v) is 8.28. The molecule has 0 radical (unpaired) electrons. The van der Waals surface area contributed by atoms with Crippen LogP contribution >= 0.6 is 23.2 Å². The average molecular weight is 497 g/mol. The number of hydrogen-bond acceptors (Lipinski definition) is 4. The van der Waals surface area contributed by atoms with E-state index >= 15 is 0 Å². The Labute approximate surface area is 196 Å². The van der Waals surface area contributed by atoms with E-state index in [1.54, 1.807) is 10.9 Å². The van der Waals surface area contributed by atoms with E-state index in [9.17, 15) is 18.0 Å². The van der Waals surface area contributed by atoms with Crippen molar-refractivity contribution in [2.75, 3.05) is 5.32 Å². The van der Waals surface area contributed by atoms with Crippen molar-refractivity contribution < 1.29 is 22.8 Å². The van der Waals surface area contributed by atoms with Crippen LogP contribution in [0.25, 0.3) is 0 Å². The van der Waals surface area contributed by atoms with Crippen LogP contribution < -0.4 is 5.32 Å². The zero-order valence-corrected chi connectivity index (χ0v) is 18.7. The van der Waals surface area contributed by atoms with Gasteiger partial charge in [-0.2, -0.15) is 18.3 Å². The van der Waals surface area contributed by atoms with Gasteiger partial charge in [-0.3, -0.25) is 9.48 Å². The first-order chi connectivity index (χ1) is 15.6. The number of hydrogen-bond donors (Lipinski definition) is 1. The highest BCUT2D eigenvalue weighted by Crippen LogP contribution is 2.49. The summed E-state index contributed by atoms with van der Waals surface area (Å²) < 4.78 is 44.0. The van der Waals surface area contributed by atoms with E-state index in [2.05, 4.69) is 15.6 Å². The first kappa shape index (κ1) is 23.1. The van der Waals surface area contributed by atoms with Gasteiger partial charge in [0, 0.05) is 40.3 Å². The van der Waals surface area contributed by atoms with Crippen LogP contribution in [0.15, 0.2) is 60.0 Å². The lowest BCUT2D eigenvalue weighted by molar-refractivity contribution is -0.275. The molecule has 0 aliphatic carbocycles. The smallest absolute Gasteiger partial charge is 0.374 e. The lowest BCUT2D eigenvalue weighted by Crippen LogP contribution is -2.42. The highest BCUT2D eigenvalue weighted by Gasteiger charge is 2.62. The number of nitrogens with zero attached hydrogens (tertiary/aromatic N) is 3. The van der Waals surface area contributed by atoms with E-state index in [4.69, 9.17) is 28.0 Å². The minimum absolute atomic E-state index is 0.0537. The van der Waals surface area contributed by atoms with Gasteiger partial charge in [0.2, 0.25) is 0 Å². The molecular formula is C22H17Cl2F3N4O2. The van der Waals surface area contributed by atoms with Crippen molar-refractivity contribution in [3.05, 3.63) is 81.6 Å². The van der Waals surface area contributed by atoms with Crippen LogP contribution in [0.2, 0.25) is 10.0 Å². The Morgan fingerprint density at radius 1 is 1.18 bits per heavy atom. The Morgan fingerprint density at radius 3 is 2.42 bits per heavy atom. The predicted molar refractivity (Wildman–Crippen MR) is 119 cm³/mol. The molecule has 1 aliphatic rings. The molecule has 172 valence electrons. The molecule has 1 N–H and O–H groups in total. The van der Waals surface area contributed by atoms with Gasteiger partial charge >= 0.3 is 6.18 Å². The number of rotatable bonds is 5. The molecule has 4 rings (SSSR count). The monoisotopic (exact) mass is 496 g/mol. The fraction of sp³-hybridized carbons (Fsp3) is 0.227. The number of carbonyl (C=O) groups excluding carboxylic acids is 1. The maximum atomic E-state index is 14.1. The maximum Gasteiger partial charge on any atom is 0.435 e. The zero-order valence-electron chi connectivity index (χ0n) is 17.2. The summed E-state index contributed by atoms with van der Waals surface area (Å²) in [6, 6.07) is 9.70. The third kappa shape index (κ3) is 4.56. The average Bonchev–Trinajstić information content (AvgIpc) is 3.41. The van der Waals surface area contributed by atoms with E-state index in [-0.39, 0.29) is 27.2 Å². The van der Waals surface area contributed by atoms with Gasteiger partial charge in [0.15, 0.2) is 0 Å². The molecule has 3 aromatic rings. The second-order valence-electron chi connectivity index (χ2n) is 7.41. The van der Waals surface area contributed by atoms with Gasteiger partial charge in [-0.1, -0.05) is 40.5 Å². The Kier molecular flexibility index (Phi) is 6.11. The van der Waals surface area contributed by atoms with Crippen molar-refractivity contribution >= 4 is 40.5 Å². The minimum atomic E-state index is -4.78. The number of benzene rings is 2. The number of alkyl halides is 3. The standard InChI is InChI=1S/C22H17Cl2F3N4O2/c1-2-31-12-18(11-28-31)29-20(32)14-5-3-13(4-6-14)19-10-21(33-30-19,22(25,26)27)15-7-16(23)9-17(24)8-15/h3-9,11-12H,2,10H2,1H3,(H,29,32). The number of amides is 1. The first-order valence-electron chi connectivity index (χ1n) is 9.84. The SMILES string of the molecule is CCn1cc(NC(=O)c2ccc(C3=NOC(c4cc(Cl)cc(Cl)c4)(C(F)(F)F)C3)cc2)cn1. The Balaban J connectivity index is 1.54. The molecule has 0 fully saturated rings. The molecule has 6 nitrogen and oxygen atoms in total. The number of carbonyl (C=O) groups is 1. The lowest BCUT2D eigenvalue weighted by Gasteiger charge is -2.29. The van der Waals surface area contributed by atoms with Crippen LogP contribution in [-0.2, 0) is 17.0 Å². The molecule has 0 saturated carbocycles. The predicted octanol–water partition coefficient (Wildman–Crippen LogP) is 6.04. The van der Waals surface area contributed by atoms with Crippen molar-refractivity contribution in [1.29, 1.82) is 0 Å². The summed E-state index contributed by atoms with van der Waals surface area (Å²) >= 11 is 11.8. The molecule has 0 saturated heterocycles. The van der Waals surface area contributed by atoms with Crippen LogP contribution in [0.3, 0.4) is 0 Å². The Morgan fingerprint density at radius 2 is 1.85 bits per heavy atom. The van der Waals surface area contributed by atoms with Gasteiger partial charge in [0.1, 0.15) is 0 Å². The van der Waals surface area contributed by atoms with Crippen molar-refractivity contribution in [1.82, 2.24) is 9.78 Å². The van der Waals surface area contributed by atoms with Crippen LogP contribution in [0.5, 0.6) is 0 Å². The first-order valence-corrected chi connectivity index (χ1v) is 10.6. The Bertz CT molecular complexity index is 1200. The van der Waals surface area contributed by atoms with E-state index < -0.39 is 18.2 Å². The van der Waals surface area contributed by atoms with Gasteiger partial charge in [-0.25, -0.2) is 0 Å². The van der Waals surface area contributed by atoms with Crippen LogP contribution in [0.1, 0.15) is 34.8 Å². The van der Waals surface area contributed by atoms with Crippen molar-refractivity contribution in [3.63, 3.8) is 0 Å². The van der Waals surface area contributed by atoms with Gasteiger partial charge in [0.05, 0.1) is 17.6 Å². The summed E-state index contributed by atoms with van der Waals surface area (Å²) in [5, 5.41) is 10.6.